The zero-order valence-electron chi connectivity index (χ0n) is 15.0. The number of aromatic nitrogens is 2. The lowest BCUT2D eigenvalue weighted by Gasteiger charge is -2.06. The first-order valence-corrected chi connectivity index (χ1v) is 9.07. The summed E-state index contributed by atoms with van der Waals surface area (Å²) in [6, 6.07) is 6.66. The Morgan fingerprint density at radius 3 is 2.46 bits per heavy atom. The van der Waals surface area contributed by atoms with Gasteiger partial charge in [0.2, 0.25) is 5.91 Å². The number of aryl methyl sites for hydroxylation is 3. The van der Waals surface area contributed by atoms with Gasteiger partial charge in [0.15, 0.2) is 0 Å². The van der Waals surface area contributed by atoms with Crippen molar-refractivity contribution in [1.29, 1.82) is 0 Å². The maximum Gasteiger partial charge on any atom is 0.354 e. The second kappa shape index (κ2) is 7.21. The largest absolute Gasteiger partial charge is 0.422 e. The topological polar surface area (TPSA) is 81.2 Å². The van der Waals surface area contributed by atoms with E-state index >= 15 is 0 Å². The number of carbonyl (C=O) groups excluding carboxylic acids is 2. The summed E-state index contributed by atoms with van der Waals surface area (Å²) in [5.74, 6) is 0.608. The molecule has 0 saturated heterocycles. The predicted molar refractivity (Wildman–Crippen MR) is 102 cm³/mol. The minimum Gasteiger partial charge on any atom is -0.422 e. The van der Waals surface area contributed by atoms with Crippen molar-refractivity contribution >= 4 is 39.1 Å². The first kappa shape index (κ1) is 18.0. The van der Waals surface area contributed by atoms with Crippen LogP contribution >= 0.6 is 11.3 Å². The van der Waals surface area contributed by atoms with Gasteiger partial charge in [0.1, 0.15) is 21.3 Å². The van der Waals surface area contributed by atoms with Crippen LogP contribution < -0.4 is 10.1 Å². The minimum absolute atomic E-state index is 0.154. The molecule has 0 aliphatic heterocycles. The van der Waals surface area contributed by atoms with Crippen LogP contribution in [0.2, 0.25) is 0 Å². The van der Waals surface area contributed by atoms with Gasteiger partial charge in [0, 0.05) is 30.1 Å². The van der Waals surface area contributed by atoms with Crippen molar-refractivity contribution in [3.63, 3.8) is 0 Å². The Morgan fingerprint density at radius 2 is 1.85 bits per heavy atom. The number of thiophene rings is 1. The van der Waals surface area contributed by atoms with E-state index in [1.807, 2.05) is 20.8 Å². The first-order valence-electron chi connectivity index (χ1n) is 8.25. The highest BCUT2D eigenvalue weighted by Crippen LogP contribution is 2.32. The quantitative estimate of drug-likeness (QED) is 0.554. The van der Waals surface area contributed by atoms with Gasteiger partial charge in [0.25, 0.3) is 0 Å². The van der Waals surface area contributed by atoms with Gasteiger partial charge in [-0.2, -0.15) is 0 Å². The van der Waals surface area contributed by atoms with Crippen LogP contribution in [0.15, 0.2) is 24.3 Å². The van der Waals surface area contributed by atoms with Crippen molar-refractivity contribution < 1.29 is 14.3 Å². The fourth-order valence-electron chi connectivity index (χ4n) is 2.71. The molecule has 7 heteroatoms. The number of anilines is 1. The fourth-order valence-corrected chi connectivity index (χ4v) is 3.84. The Balaban J connectivity index is 1.87. The zero-order valence-corrected chi connectivity index (χ0v) is 15.9. The number of hydrogen-bond acceptors (Lipinski definition) is 6. The summed E-state index contributed by atoms with van der Waals surface area (Å²) in [5, 5.41) is 3.59. The second-order valence-electron chi connectivity index (χ2n) is 5.91. The van der Waals surface area contributed by atoms with Gasteiger partial charge >= 0.3 is 5.97 Å². The maximum atomic E-state index is 12.6. The number of rotatable bonds is 4. The van der Waals surface area contributed by atoms with E-state index in [9.17, 15) is 9.59 Å². The third-order valence-corrected chi connectivity index (χ3v) is 5.07. The highest BCUT2D eigenvalue weighted by molar-refractivity contribution is 7.20. The highest BCUT2D eigenvalue weighted by atomic mass is 32.1. The molecule has 0 unspecified atom stereocenters. The van der Waals surface area contributed by atoms with Crippen molar-refractivity contribution in [1.82, 2.24) is 9.97 Å². The number of nitrogens with zero attached hydrogens (tertiary/aromatic N) is 2. The molecule has 1 N–H and O–H groups in total. The number of fused-ring (bicyclic) bond motifs is 1. The molecule has 3 rings (SSSR count). The minimum atomic E-state index is -0.421. The fraction of sp³-hybridized carbons (Fsp3) is 0.263. The maximum absolute atomic E-state index is 12.6. The van der Waals surface area contributed by atoms with E-state index < -0.39 is 5.97 Å². The molecule has 0 aliphatic carbocycles. The smallest absolute Gasteiger partial charge is 0.354 e. The van der Waals surface area contributed by atoms with Crippen molar-refractivity contribution in [3.05, 3.63) is 46.2 Å². The Morgan fingerprint density at radius 1 is 1.15 bits per heavy atom. The van der Waals surface area contributed by atoms with Gasteiger partial charge in [0.05, 0.1) is 0 Å². The summed E-state index contributed by atoms with van der Waals surface area (Å²) in [4.78, 5) is 34.0. The molecule has 1 amide bonds. The Hall–Kier alpha value is -2.80. The van der Waals surface area contributed by atoms with E-state index in [1.54, 1.807) is 24.3 Å². The SMILES string of the molecule is CCc1nc(C)c2c(C)c(C(=O)Oc3ccc(NC(C)=O)cc3)sc2n1. The summed E-state index contributed by atoms with van der Waals surface area (Å²) in [6.45, 7) is 7.25. The number of nitrogens with one attached hydrogen (secondary N) is 1. The molecule has 26 heavy (non-hydrogen) atoms. The predicted octanol–water partition coefficient (Wildman–Crippen LogP) is 4.05. The van der Waals surface area contributed by atoms with Crippen LogP contribution in [0.25, 0.3) is 10.2 Å². The number of benzene rings is 1. The lowest BCUT2D eigenvalue weighted by molar-refractivity contribution is -0.114. The number of carbonyl (C=O) groups is 2. The van der Waals surface area contributed by atoms with E-state index in [1.165, 1.54) is 18.3 Å². The van der Waals surface area contributed by atoms with Crippen LogP contribution in [0.5, 0.6) is 5.75 Å². The van der Waals surface area contributed by atoms with E-state index in [0.29, 0.717) is 16.3 Å². The monoisotopic (exact) mass is 369 g/mol. The van der Waals surface area contributed by atoms with E-state index in [-0.39, 0.29) is 5.91 Å². The zero-order chi connectivity index (χ0) is 18.8. The lowest BCUT2D eigenvalue weighted by atomic mass is 10.1. The summed E-state index contributed by atoms with van der Waals surface area (Å²) in [6.07, 6.45) is 0.744. The third-order valence-electron chi connectivity index (χ3n) is 3.90. The molecule has 0 fully saturated rings. The lowest BCUT2D eigenvalue weighted by Crippen LogP contribution is -2.08. The van der Waals surface area contributed by atoms with Crippen molar-refractivity contribution in [2.75, 3.05) is 5.32 Å². The molecule has 0 aliphatic rings. The molecule has 6 nitrogen and oxygen atoms in total. The molecule has 0 spiro atoms. The number of amides is 1. The van der Waals surface area contributed by atoms with Crippen molar-refractivity contribution in [2.45, 2.75) is 34.1 Å². The van der Waals surface area contributed by atoms with Gasteiger partial charge < -0.3 is 10.1 Å². The van der Waals surface area contributed by atoms with Crippen LogP contribution in [-0.2, 0) is 11.2 Å². The molecule has 2 aromatic heterocycles. The number of hydrogen-bond donors (Lipinski definition) is 1. The van der Waals surface area contributed by atoms with Crippen molar-refractivity contribution in [2.24, 2.45) is 0 Å². The van der Waals surface area contributed by atoms with Crippen molar-refractivity contribution in [3.8, 4) is 5.75 Å². The molecule has 0 atom stereocenters. The van der Waals surface area contributed by atoms with E-state index in [2.05, 4.69) is 15.3 Å². The van der Waals surface area contributed by atoms with Crippen LogP contribution in [0, 0.1) is 13.8 Å². The van der Waals surface area contributed by atoms with Gasteiger partial charge in [-0.1, -0.05) is 6.92 Å². The van der Waals surface area contributed by atoms with Gasteiger partial charge in [-0.05, 0) is 43.7 Å². The molecule has 2 heterocycles. The third kappa shape index (κ3) is 3.57. The van der Waals surface area contributed by atoms with Crippen LogP contribution in [-0.4, -0.2) is 21.8 Å². The summed E-state index contributed by atoms with van der Waals surface area (Å²) >= 11 is 1.32. The average Bonchev–Trinajstić information content (AvgIpc) is 2.93. The summed E-state index contributed by atoms with van der Waals surface area (Å²) in [7, 11) is 0. The molecule has 1 aromatic carbocycles. The van der Waals surface area contributed by atoms with Gasteiger partial charge in [-0.25, -0.2) is 14.8 Å². The van der Waals surface area contributed by atoms with Gasteiger partial charge in [-0.15, -0.1) is 11.3 Å². The molecular weight excluding hydrogens is 350 g/mol. The molecule has 0 radical (unpaired) electrons. The molecular formula is C19H19N3O3S. The van der Waals surface area contributed by atoms with E-state index in [4.69, 9.17) is 4.74 Å². The molecule has 0 saturated carbocycles. The Kier molecular flexibility index (Phi) is 4.99. The molecule has 134 valence electrons. The Bertz CT molecular complexity index is 993. The average molecular weight is 369 g/mol. The standard InChI is InChI=1S/C19H19N3O3S/c1-5-15-20-11(3)16-10(2)17(26-18(16)22-15)19(24)25-14-8-6-13(7-9-14)21-12(4)23/h6-9H,5H2,1-4H3,(H,21,23). The van der Waals surface area contributed by atoms with E-state index in [0.717, 1.165) is 33.7 Å². The Labute approximate surface area is 155 Å². The highest BCUT2D eigenvalue weighted by Gasteiger charge is 2.20. The van der Waals surface area contributed by atoms with Crippen LogP contribution in [0.1, 0.15) is 40.6 Å². The number of esters is 1. The normalized spacial score (nSPS) is 10.8. The van der Waals surface area contributed by atoms with Crippen LogP contribution in [0.4, 0.5) is 5.69 Å². The first-order chi connectivity index (χ1) is 12.4. The number of ether oxygens (including phenoxy) is 1. The van der Waals surface area contributed by atoms with Crippen LogP contribution in [0.3, 0.4) is 0 Å². The molecule has 3 aromatic rings. The molecule has 0 bridgehead atoms. The summed E-state index contributed by atoms with van der Waals surface area (Å²) in [5.41, 5.74) is 2.36. The summed E-state index contributed by atoms with van der Waals surface area (Å²) < 4.78 is 5.48. The second-order valence-corrected chi connectivity index (χ2v) is 6.91. The van der Waals surface area contributed by atoms with Gasteiger partial charge in [-0.3, -0.25) is 4.79 Å².